The van der Waals surface area contributed by atoms with E-state index in [1.165, 1.54) is 0 Å². The zero-order valence-electron chi connectivity index (χ0n) is 17.6. The van der Waals surface area contributed by atoms with Gasteiger partial charge in [-0.1, -0.05) is 86.6 Å². The van der Waals surface area contributed by atoms with Gasteiger partial charge < -0.3 is 9.64 Å². The first-order valence-electron chi connectivity index (χ1n) is 10.5. The molecule has 2 unspecified atom stereocenters. The third kappa shape index (κ3) is 5.18. The second-order valence-corrected chi connectivity index (χ2v) is 8.28. The number of benzene rings is 3. The molecular formula is C26H29Cl2NO. The van der Waals surface area contributed by atoms with Crippen molar-refractivity contribution in [1.82, 2.24) is 4.90 Å². The quantitative estimate of drug-likeness (QED) is 0.318. The Labute approximate surface area is 190 Å². The van der Waals surface area contributed by atoms with Crippen LogP contribution < -0.4 is 4.74 Å². The van der Waals surface area contributed by atoms with Gasteiger partial charge in [0.15, 0.2) is 0 Å². The molecule has 158 valence electrons. The molecule has 30 heavy (non-hydrogen) atoms. The summed E-state index contributed by atoms with van der Waals surface area (Å²) >= 11 is 14.3. The van der Waals surface area contributed by atoms with Crippen molar-refractivity contribution < 1.29 is 4.74 Å². The predicted octanol–water partition coefficient (Wildman–Crippen LogP) is 6.87. The summed E-state index contributed by atoms with van der Waals surface area (Å²) in [6, 6.07) is 28.0. The van der Waals surface area contributed by atoms with Crippen LogP contribution in [0.1, 0.15) is 35.9 Å². The van der Waals surface area contributed by atoms with Gasteiger partial charge in [-0.2, -0.15) is 0 Å². The van der Waals surface area contributed by atoms with Crippen LogP contribution in [-0.4, -0.2) is 31.1 Å². The molecule has 3 aromatic rings. The van der Waals surface area contributed by atoms with Crippen molar-refractivity contribution in [2.45, 2.75) is 24.1 Å². The van der Waals surface area contributed by atoms with E-state index in [2.05, 4.69) is 18.7 Å². The minimum absolute atomic E-state index is 0.433. The van der Waals surface area contributed by atoms with Gasteiger partial charge in [-0.05, 0) is 41.9 Å². The molecule has 4 heteroatoms. The maximum atomic E-state index is 7.33. The fraction of sp³-hybridized carbons (Fsp3) is 0.308. The largest absolute Gasteiger partial charge is 0.492 e. The second kappa shape index (κ2) is 10.9. The van der Waals surface area contributed by atoms with Gasteiger partial charge in [0, 0.05) is 6.54 Å². The fourth-order valence-electron chi connectivity index (χ4n) is 3.62. The highest BCUT2D eigenvalue weighted by Gasteiger charge is 2.40. The summed E-state index contributed by atoms with van der Waals surface area (Å²) in [5, 5.41) is -0.433. The first-order valence-corrected chi connectivity index (χ1v) is 11.3. The average Bonchev–Trinajstić information content (AvgIpc) is 2.82. The Hall–Kier alpha value is -2.00. The Morgan fingerprint density at radius 2 is 1.33 bits per heavy atom. The van der Waals surface area contributed by atoms with Gasteiger partial charge in [-0.15, -0.1) is 23.2 Å². The Bertz CT molecular complexity index is 882. The van der Waals surface area contributed by atoms with Crippen LogP contribution in [0.3, 0.4) is 0 Å². The van der Waals surface area contributed by atoms with E-state index in [0.717, 1.165) is 42.1 Å². The third-order valence-electron chi connectivity index (χ3n) is 5.48. The number of nitrogens with zero attached hydrogens (tertiary/aromatic N) is 1. The van der Waals surface area contributed by atoms with Gasteiger partial charge in [-0.25, -0.2) is 0 Å². The van der Waals surface area contributed by atoms with E-state index in [4.69, 9.17) is 27.9 Å². The van der Waals surface area contributed by atoms with Crippen LogP contribution in [0.25, 0.3) is 0 Å². The van der Waals surface area contributed by atoms with Crippen LogP contribution in [0.5, 0.6) is 5.75 Å². The molecule has 0 fully saturated rings. The lowest BCUT2D eigenvalue weighted by molar-refractivity contribution is 0.223. The summed E-state index contributed by atoms with van der Waals surface area (Å²) in [7, 11) is 0. The van der Waals surface area contributed by atoms with Crippen molar-refractivity contribution in [3.8, 4) is 5.75 Å². The molecule has 2 atom stereocenters. The first kappa shape index (κ1) is 22.7. The highest BCUT2D eigenvalue weighted by Crippen LogP contribution is 2.50. The van der Waals surface area contributed by atoms with Crippen molar-refractivity contribution in [2.75, 3.05) is 26.2 Å². The number of hydrogen-bond donors (Lipinski definition) is 0. The van der Waals surface area contributed by atoms with E-state index in [1.54, 1.807) is 0 Å². The standard InChI is InChI=1S/C26H29Cl2NO/c1-3-29(4-2)19-20-30-24-17-15-23(16-18-24)26(28,22-13-9-6-10-14-22)25(27)21-11-7-5-8-12-21/h5-18,25H,3-4,19-20H2,1-2H3. The lowest BCUT2D eigenvalue weighted by Gasteiger charge is -2.33. The number of rotatable bonds is 10. The Morgan fingerprint density at radius 3 is 1.90 bits per heavy atom. The van der Waals surface area contributed by atoms with Crippen molar-refractivity contribution in [3.63, 3.8) is 0 Å². The number of hydrogen-bond acceptors (Lipinski definition) is 2. The molecular weight excluding hydrogens is 413 g/mol. The van der Waals surface area contributed by atoms with E-state index in [9.17, 15) is 0 Å². The van der Waals surface area contributed by atoms with Crippen molar-refractivity contribution in [3.05, 3.63) is 102 Å². The monoisotopic (exact) mass is 441 g/mol. The normalized spacial score (nSPS) is 14.3. The van der Waals surface area contributed by atoms with Crippen molar-refractivity contribution in [2.24, 2.45) is 0 Å². The SMILES string of the molecule is CCN(CC)CCOc1ccc(C(Cl)(c2ccccc2)C(Cl)c2ccccc2)cc1. The van der Waals surface area contributed by atoms with Gasteiger partial charge >= 0.3 is 0 Å². The zero-order valence-corrected chi connectivity index (χ0v) is 19.1. The second-order valence-electron chi connectivity index (χ2n) is 7.25. The molecule has 0 heterocycles. The maximum absolute atomic E-state index is 7.33. The smallest absolute Gasteiger partial charge is 0.119 e. The molecule has 0 spiro atoms. The van der Waals surface area contributed by atoms with Crippen molar-refractivity contribution >= 4 is 23.2 Å². The van der Waals surface area contributed by atoms with Crippen LogP contribution in [0, 0.1) is 0 Å². The van der Waals surface area contributed by atoms with Gasteiger partial charge in [0.1, 0.15) is 17.2 Å². The van der Waals surface area contributed by atoms with Gasteiger partial charge in [-0.3, -0.25) is 0 Å². The number of ether oxygens (including phenoxy) is 1. The first-order chi connectivity index (χ1) is 14.6. The molecule has 0 aliphatic heterocycles. The van der Waals surface area contributed by atoms with E-state index >= 15 is 0 Å². The predicted molar refractivity (Wildman–Crippen MR) is 128 cm³/mol. The molecule has 0 saturated carbocycles. The molecule has 0 aliphatic rings. The van der Waals surface area contributed by atoms with E-state index in [-0.39, 0.29) is 0 Å². The molecule has 0 aromatic heterocycles. The molecule has 2 nitrogen and oxygen atoms in total. The lowest BCUT2D eigenvalue weighted by Crippen LogP contribution is -2.28. The third-order valence-corrected chi connectivity index (χ3v) is 6.83. The number of alkyl halides is 2. The van der Waals surface area contributed by atoms with Gasteiger partial charge in [0.05, 0.1) is 5.38 Å². The van der Waals surface area contributed by atoms with Crippen LogP contribution >= 0.6 is 23.2 Å². The minimum Gasteiger partial charge on any atom is -0.492 e. The summed E-state index contributed by atoms with van der Waals surface area (Å²) in [6.07, 6.45) is 0. The molecule has 0 aliphatic carbocycles. The number of likely N-dealkylation sites (N-methyl/N-ethyl adjacent to an activating group) is 1. The Morgan fingerprint density at radius 1 is 0.800 bits per heavy atom. The van der Waals surface area contributed by atoms with E-state index < -0.39 is 10.3 Å². The lowest BCUT2D eigenvalue weighted by atomic mass is 9.84. The summed E-state index contributed by atoms with van der Waals surface area (Å²) in [5.74, 6) is 0.837. The molecule has 3 aromatic carbocycles. The van der Waals surface area contributed by atoms with Crippen molar-refractivity contribution in [1.29, 1.82) is 0 Å². The molecule has 0 radical (unpaired) electrons. The molecule has 0 bridgehead atoms. The number of halogens is 2. The average molecular weight is 442 g/mol. The van der Waals surface area contributed by atoms with Gasteiger partial charge in [0.25, 0.3) is 0 Å². The molecule has 0 N–H and O–H groups in total. The van der Waals surface area contributed by atoms with Crippen LogP contribution in [-0.2, 0) is 4.87 Å². The van der Waals surface area contributed by atoms with Crippen LogP contribution in [0.2, 0.25) is 0 Å². The summed E-state index contributed by atoms with van der Waals surface area (Å²) in [5.41, 5.74) is 2.89. The summed E-state index contributed by atoms with van der Waals surface area (Å²) < 4.78 is 5.94. The van der Waals surface area contributed by atoms with Crippen LogP contribution in [0.4, 0.5) is 0 Å². The maximum Gasteiger partial charge on any atom is 0.119 e. The zero-order chi connectivity index (χ0) is 21.4. The Balaban J connectivity index is 1.86. The highest BCUT2D eigenvalue weighted by atomic mass is 35.5. The van der Waals surface area contributed by atoms with E-state index in [0.29, 0.717) is 6.61 Å². The highest BCUT2D eigenvalue weighted by molar-refractivity contribution is 6.34. The molecule has 0 amide bonds. The van der Waals surface area contributed by atoms with Crippen LogP contribution in [0.15, 0.2) is 84.9 Å². The summed E-state index contributed by atoms with van der Waals surface area (Å²) in [6.45, 7) is 7.96. The fourth-order valence-corrected chi connectivity index (χ4v) is 4.39. The molecule has 3 rings (SSSR count). The Kier molecular flexibility index (Phi) is 8.21. The minimum atomic E-state index is -0.899. The van der Waals surface area contributed by atoms with E-state index in [1.807, 2.05) is 84.9 Å². The van der Waals surface area contributed by atoms with Gasteiger partial charge in [0.2, 0.25) is 0 Å². The topological polar surface area (TPSA) is 12.5 Å². The molecule has 0 saturated heterocycles. The summed E-state index contributed by atoms with van der Waals surface area (Å²) in [4.78, 5) is 1.44.